The molecule has 0 aromatic heterocycles. The number of carbonyl (C=O) groups excluding carboxylic acids is 1. The van der Waals surface area contributed by atoms with Crippen LogP contribution in [0, 0.1) is 11.2 Å². The van der Waals surface area contributed by atoms with E-state index in [1.165, 1.54) is 19.2 Å². The molecule has 0 saturated carbocycles. The Kier molecular flexibility index (Phi) is 7.28. The molecular formula is C25H29FN2O4. The Labute approximate surface area is 188 Å². The summed E-state index contributed by atoms with van der Waals surface area (Å²) in [6.45, 7) is 6.34. The molecule has 1 heterocycles. The lowest BCUT2D eigenvalue weighted by molar-refractivity contribution is 0.111. The average molecular weight is 441 g/mol. The van der Waals surface area contributed by atoms with Gasteiger partial charge in [-0.25, -0.2) is 14.4 Å². The number of aliphatic imine (C=N–C) groups is 2. The molecule has 0 saturated heterocycles. The van der Waals surface area contributed by atoms with Crippen LogP contribution in [0.3, 0.4) is 0 Å². The van der Waals surface area contributed by atoms with Crippen molar-refractivity contribution in [3.05, 3.63) is 65.0 Å². The second kappa shape index (κ2) is 9.94. The molecule has 0 spiro atoms. The van der Waals surface area contributed by atoms with Gasteiger partial charge in [0, 0.05) is 12.5 Å². The van der Waals surface area contributed by atoms with Crippen molar-refractivity contribution >= 4 is 18.1 Å². The smallest absolute Gasteiger partial charge is 0.210 e. The third-order valence-electron chi connectivity index (χ3n) is 5.25. The summed E-state index contributed by atoms with van der Waals surface area (Å²) < 4.78 is 31.6. The fraction of sp³-hybridized carbons (Fsp3) is 0.400. The van der Waals surface area contributed by atoms with Gasteiger partial charge in [0.2, 0.25) is 11.8 Å². The molecule has 0 N–H and O–H groups in total. The molecule has 0 radical (unpaired) electrons. The predicted molar refractivity (Wildman–Crippen MR) is 122 cm³/mol. The van der Waals surface area contributed by atoms with E-state index in [0.717, 1.165) is 5.56 Å². The predicted octanol–water partition coefficient (Wildman–Crippen LogP) is 4.65. The number of hydrogen-bond acceptors (Lipinski definition) is 6. The zero-order valence-corrected chi connectivity index (χ0v) is 19.1. The summed E-state index contributed by atoms with van der Waals surface area (Å²) in [5.41, 5.74) is 1.29. The largest absolute Gasteiger partial charge is 0.488 e. The van der Waals surface area contributed by atoms with Gasteiger partial charge in [-0.05, 0) is 22.6 Å². The van der Waals surface area contributed by atoms with E-state index in [-0.39, 0.29) is 35.8 Å². The van der Waals surface area contributed by atoms with E-state index >= 15 is 0 Å². The number of carbonyl (C=O) groups is 1. The van der Waals surface area contributed by atoms with Gasteiger partial charge in [0.1, 0.15) is 30.3 Å². The highest BCUT2D eigenvalue weighted by molar-refractivity contribution is 5.94. The monoisotopic (exact) mass is 440 g/mol. The number of aldehydes is 1. The topological polar surface area (TPSA) is 69.5 Å². The van der Waals surface area contributed by atoms with Gasteiger partial charge in [0.15, 0.2) is 6.29 Å². The molecule has 7 heteroatoms. The molecule has 0 fully saturated rings. The summed E-state index contributed by atoms with van der Waals surface area (Å²) in [6, 6.07) is 11.4. The lowest BCUT2D eigenvalue weighted by Crippen LogP contribution is -2.42. The van der Waals surface area contributed by atoms with E-state index < -0.39 is 11.9 Å². The van der Waals surface area contributed by atoms with Crippen molar-refractivity contribution in [1.29, 1.82) is 0 Å². The molecule has 2 aromatic rings. The highest BCUT2D eigenvalue weighted by Crippen LogP contribution is 2.29. The Morgan fingerprint density at radius 3 is 2.31 bits per heavy atom. The van der Waals surface area contributed by atoms with Gasteiger partial charge in [0.25, 0.3) is 0 Å². The molecule has 0 amide bonds. The fourth-order valence-electron chi connectivity index (χ4n) is 3.53. The number of halogens is 1. The van der Waals surface area contributed by atoms with Crippen LogP contribution < -0.4 is 4.74 Å². The summed E-state index contributed by atoms with van der Waals surface area (Å²) in [5, 5.41) is 0. The van der Waals surface area contributed by atoms with Crippen molar-refractivity contribution in [2.45, 2.75) is 45.9 Å². The quantitative estimate of drug-likeness (QED) is 0.614. The summed E-state index contributed by atoms with van der Waals surface area (Å²) in [4.78, 5) is 21.0. The Hall–Kier alpha value is -3.22. The SMILES string of the molecule is COC1=NC(C(C)(C)C)C(OC)=NC1Cc1cc(C=O)c(OCc2ccccc2)cc1F. The first kappa shape index (κ1) is 23.4. The molecular weight excluding hydrogens is 411 g/mol. The Morgan fingerprint density at radius 2 is 1.72 bits per heavy atom. The average Bonchev–Trinajstić information content (AvgIpc) is 2.78. The normalized spacial score (nSPS) is 18.4. The van der Waals surface area contributed by atoms with E-state index in [2.05, 4.69) is 9.98 Å². The Bertz CT molecular complexity index is 1010. The van der Waals surface area contributed by atoms with Crippen molar-refractivity contribution in [3.8, 4) is 5.75 Å². The molecule has 32 heavy (non-hydrogen) atoms. The van der Waals surface area contributed by atoms with Gasteiger partial charge in [-0.15, -0.1) is 0 Å². The summed E-state index contributed by atoms with van der Waals surface area (Å²) >= 11 is 0. The van der Waals surface area contributed by atoms with Crippen LogP contribution in [-0.4, -0.2) is 44.4 Å². The highest BCUT2D eigenvalue weighted by Gasteiger charge is 2.36. The van der Waals surface area contributed by atoms with Crippen LogP contribution in [-0.2, 0) is 22.5 Å². The molecule has 170 valence electrons. The Morgan fingerprint density at radius 1 is 1.03 bits per heavy atom. The number of ether oxygens (including phenoxy) is 3. The van der Waals surface area contributed by atoms with E-state index in [1.807, 2.05) is 51.1 Å². The third kappa shape index (κ3) is 5.33. The first-order valence-corrected chi connectivity index (χ1v) is 10.4. The summed E-state index contributed by atoms with van der Waals surface area (Å²) in [5.74, 6) is 0.591. The molecule has 2 atom stereocenters. The molecule has 2 unspecified atom stereocenters. The van der Waals surface area contributed by atoms with Crippen LogP contribution >= 0.6 is 0 Å². The lowest BCUT2D eigenvalue weighted by atomic mass is 9.86. The number of nitrogens with zero attached hydrogens (tertiary/aromatic N) is 2. The second-order valence-corrected chi connectivity index (χ2v) is 8.70. The van der Waals surface area contributed by atoms with Crippen LogP contribution in [0.25, 0.3) is 0 Å². The van der Waals surface area contributed by atoms with Crippen LogP contribution in [0.2, 0.25) is 0 Å². The van der Waals surface area contributed by atoms with E-state index in [9.17, 15) is 9.18 Å². The fourth-order valence-corrected chi connectivity index (χ4v) is 3.53. The van der Waals surface area contributed by atoms with Crippen molar-refractivity contribution in [2.24, 2.45) is 15.4 Å². The van der Waals surface area contributed by atoms with Crippen LogP contribution in [0.15, 0.2) is 52.4 Å². The molecule has 3 rings (SSSR count). The molecule has 1 aliphatic rings. The molecule has 2 aromatic carbocycles. The number of benzene rings is 2. The summed E-state index contributed by atoms with van der Waals surface area (Å²) in [6.07, 6.45) is 0.830. The molecule has 6 nitrogen and oxygen atoms in total. The Balaban J connectivity index is 1.85. The lowest BCUT2D eigenvalue weighted by Gasteiger charge is -2.32. The molecule has 0 aliphatic carbocycles. The maximum absolute atomic E-state index is 15.0. The van der Waals surface area contributed by atoms with Crippen LogP contribution in [0.5, 0.6) is 5.75 Å². The number of methoxy groups -OCH3 is 2. The maximum Gasteiger partial charge on any atom is 0.210 e. The minimum absolute atomic E-state index is 0.169. The van der Waals surface area contributed by atoms with Crippen molar-refractivity contribution in [1.82, 2.24) is 0 Å². The first-order chi connectivity index (χ1) is 15.3. The van der Waals surface area contributed by atoms with Gasteiger partial charge in [0.05, 0.1) is 19.8 Å². The van der Waals surface area contributed by atoms with E-state index in [0.29, 0.717) is 23.6 Å². The minimum atomic E-state index is -0.557. The molecule has 1 aliphatic heterocycles. The number of rotatable bonds is 6. The highest BCUT2D eigenvalue weighted by atomic mass is 19.1. The van der Waals surface area contributed by atoms with E-state index in [1.54, 1.807) is 7.11 Å². The van der Waals surface area contributed by atoms with Gasteiger partial charge >= 0.3 is 0 Å². The van der Waals surface area contributed by atoms with Crippen molar-refractivity contribution in [3.63, 3.8) is 0 Å². The van der Waals surface area contributed by atoms with Crippen molar-refractivity contribution in [2.75, 3.05) is 14.2 Å². The van der Waals surface area contributed by atoms with Gasteiger partial charge in [-0.3, -0.25) is 4.79 Å². The van der Waals surface area contributed by atoms with Crippen LogP contribution in [0.4, 0.5) is 4.39 Å². The van der Waals surface area contributed by atoms with Gasteiger partial charge in [-0.2, -0.15) is 0 Å². The summed E-state index contributed by atoms with van der Waals surface area (Å²) in [7, 11) is 3.07. The third-order valence-corrected chi connectivity index (χ3v) is 5.25. The standard InChI is InChI=1S/C25H29FN2O4/c1-25(2,3)22-24(31-5)27-20(23(28-22)30-4)12-17-11-18(14-29)21(13-19(17)26)32-15-16-9-7-6-8-10-16/h6-11,13-14,20,22H,12,15H2,1-5H3. The van der Waals surface area contributed by atoms with Gasteiger partial charge in [-0.1, -0.05) is 51.1 Å². The zero-order valence-electron chi connectivity index (χ0n) is 19.1. The maximum atomic E-state index is 15.0. The minimum Gasteiger partial charge on any atom is -0.488 e. The van der Waals surface area contributed by atoms with E-state index in [4.69, 9.17) is 14.2 Å². The zero-order chi connectivity index (χ0) is 23.3. The second-order valence-electron chi connectivity index (χ2n) is 8.70. The van der Waals surface area contributed by atoms with Gasteiger partial charge < -0.3 is 14.2 Å². The van der Waals surface area contributed by atoms with Crippen LogP contribution in [0.1, 0.15) is 42.3 Å². The first-order valence-electron chi connectivity index (χ1n) is 10.4. The van der Waals surface area contributed by atoms with Crippen molar-refractivity contribution < 1.29 is 23.4 Å². The number of hydrogen-bond donors (Lipinski definition) is 0. The molecule has 0 bridgehead atoms.